The number of rotatable bonds is 4. The summed E-state index contributed by atoms with van der Waals surface area (Å²) in [7, 11) is 0. The zero-order valence-electron chi connectivity index (χ0n) is 10.6. The third-order valence-corrected chi connectivity index (χ3v) is 3.67. The van der Waals surface area contributed by atoms with Crippen LogP contribution in [0, 0.1) is 17.0 Å². The molecule has 2 aromatic carbocycles. The maximum Gasteiger partial charge on any atom is 0.335 e. The summed E-state index contributed by atoms with van der Waals surface area (Å²) in [6.45, 7) is 1.78. The fraction of sp³-hybridized carbons (Fsp3) is 0.0714. The lowest BCUT2D eigenvalue weighted by atomic mass is 10.2. The van der Waals surface area contributed by atoms with Gasteiger partial charge in [0.1, 0.15) is 0 Å². The predicted molar refractivity (Wildman–Crippen MR) is 75.4 cm³/mol. The summed E-state index contributed by atoms with van der Waals surface area (Å²) >= 11 is 1.18. The van der Waals surface area contributed by atoms with Crippen LogP contribution in [-0.2, 0) is 0 Å². The van der Waals surface area contributed by atoms with E-state index in [9.17, 15) is 14.9 Å². The Hall–Kier alpha value is -2.34. The molecule has 102 valence electrons. The van der Waals surface area contributed by atoms with Crippen molar-refractivity contribution in [3.63, 3.8) is 0 Å². The number of aromatic carboxylic acids is 1. The van der Waals surface area contributed by atoms with Crippen molar-refractivity contribution in [2.45, 2.75) is 16.7 Å². The normalized spacial score (nSPS) is 10.2. The second-order valence-corrected chi connectivity index (χ2v) is 5.28. The first kappa shape index (κ1) is 14.1. The zero-order valence-corrected chi connectivity index (χ0v) is 11.4. The van der Waals surface area contributed by atoms with Gasteiger partial charge in [0.15, 0.2) is 0 Å². The SMILES string of the molecule is Cc1ccc(Sc2cccc(C(=O)O)c2)c([N+](=O)[O-])c1. The number of hydrogen-bond donors (Lipinski definition) is 1. The minimum absolute atomic E-state index is 0.0238. The molecule has 2 rings (SSSR count). The molecule has 0 heterocycles. The Balaban J connectivity index is 2.37. The maximum absolute atomic E-state index is 11.0. The Kier molecular flexibility index (Phi) is 4.05. The van der Waals surface area contributed by atoms with Crippen molar-refractivity contribution >= 4 is 23.4 Å². The first-order valence-electron chi connectivity index (χ1n) is 5.73. The van der Waals surface area contributed by atoms with Crippen molar-refractivity contribution in [1.82, 2.24) is 0 Å². The van der Waals surface area contributed by atoms with Crippen molar-refractivity contribution in [3.8, 4) is 0 Å². The van der Waals surface area contributed by atoms with Crippen LogP contribution < -0.4 is 0 Å². The molecule has 0 radical (unpaired) electrons. The van der Waals surface area contributed by atoms with Crippen molar-refractivity contribution in [3.05, 3.63) is 63.7 Å². The molecule has 0 aliphatic heterocycles. The monoisotopic (exact) mass is 289 g/mol. The first-order valence-corrected chi connectivity index (χ1v) is 6.55. The van der Waals surface area contributed by atoms with Crippen LogP contribution >= 0.6 is 11.8 Å². The number of hydrogen-bond acceptors (Lipinski definition) is 4. The number of nitro groups is 1. The highest BCUT2D eigenvalue weighted by Gasteiger charge is 2.15. The van der Waals surface area contributed by atoms with E-state index in [1.54, 1.807) is 31.2 Å². The van der Waals surface area contributed by atoms with E-state index in [1.165, 1.54) is 30.0 Å². The fourth-order valence-corrected chi connectivity index (χ4v) is 2.64. The molecule has 0 fully saturated rings. The van der Waals surface area contributed by atoms with Crippen LogP contribution in [0.4, 0.5) is 5.69 Å². The quantitative estimate of drug-likeness (QED) is 0.684. The van der Waals surface area contributed by atoms with Crippen molar-refractivity contribution in [2.75, 3.05) is 0 Å². The van der Waals surface area contributed by atoms with E-state index in [2.05, 4.69) is 0 Å². The van der Waals surface area contributed by atoms with Gasteiger partial charge >= 0.3 is 5.97 Å². The van der Waals surface area contributed by atoms with Crippen molar-refractivity contribution in [1.29, 1.82) is 0 Å². The molecule has 0 aliphatic rings. The molecule has 0 unspecified atom stereocenters. The lowest BCUT2D eigenvalue weighted by Gasteiger charge is -2.05. The Labute approximate surface area is 119 Å². The minimum Gasteiger partial charge on any atom is -0.478 e. The van der Waals surface area contributed by atoms with Crippen LogP contribution in [0.1, 0.15) is 15.9 Å². The molecule has 6 heteroatoms. The highest BCUT2D eigenvalue weighted by atomic mass is 32.2. The Bertz CT molecular complexity index is 685. The Morgan fingerprint density at radius 3 is 2.65 bits per heavy atom. The van der Waals surface area contributed by atoms with Gasteiger partial charge in [-0.05, 0) is 36.8 Å². The van der Waals surface area contributed by atoms with E-state index in [0.29, 0.717) is 9.79 Å². The number of nitro benzene ring substituents is 1. The predicted octanol–water partition coefficient (Wildman–Crippen LogP) is 3.75. The maximum atomic E-state index is 11.0. The number of benzene rings is 2. The molecular weight excluding hydrogens is 278 g/mol. The molecular formula is C14H11NO4S. The fourth-order valence-electron chi connectivity index (χ4n) is 1.68. The molecule has 0 aromatic heterocycles. The van der Waals surface area contributed by atoms with Gasteiger partial charge in [-0.2, -0.15) is 0 Å². The standard InChI is InChI=1S/C14H11NO4S/c1-9-5-6-13(12(7-9)15(18)19)20-11-4-2-3-10(8-11)14(16)17/h2-8H,1H3,(H,16,17). The molecule has 5 nitrogen and oxygen atoms in total. The average molecular weight is 289 g/mol. The van der Waals surface area contributed by atoms with Crippen LogP contribution in [0.5, 0.6) is 0 Å². The topological polar surface area (TPSA) is 80.4 Å². The Morgan fingerprint density at radius 1 is 1.25 bits per heavy atom. The van der Waals surface area contributed by atoms with E-state index < -0.39 is 10.9 Å². The van der Waals surface area contributed by atoms with E-state index in [0.717, 1.165) is 5.56 Å². The van der Waals surface area contributed by atoms with E-state index in [1.807, 2.05) is 0 Å². The smallest absolute Gasteiger partial charge is 0.335 e. The highest BCUT2D eigenvalue weighted by Crippen LogP contribution is 2.35. The second kappa shape index (κ2) is 5.75. The molecule has 0 atom stereocenters. The third kappa shape index (κ3) is 3.16. The number of nitrogens with zero attached hydrogens (tertiary/aromatic N) is 1. The van der Waals surface area contributed by atoms with Gasteiger partial charge in [-0.15, -0.1) is 0 Å². The summed E-state index contributed by atoms with van der Waals surface area (Å²) in [6.07, 6.45) is 0. The van der Waals surface area contributed by atoms with Crippen LogP contribution in [-0.4, -0.2) is 16.0 Å². The molecule has 0 aliphatic carbocycles. The summed E-state index contributed by atoms with van der Waals surface area (Å²) < 4.78 is 0. The summed E-state index contributed by atoms with van der Waals surface area (Å²) in [5, 5.41) is 20.0. The van der Waals surface area contributed by atoms with Crippen LogP contribution in [0.15, 0.2) is 52.3 Å². The van der Waals surface area contributed by atoms with Crippen molar-refractivity contribution < 1.29 is 14.8 Å². The van der Waals surface area contributed by atoms with Gasteiger partial charge in [0, 0.05) is 11.0 Å². The van der Waals surface area contributed by atoms with Crippen LogP contribution in [0.2, 0.25) is 0 Å². The molecule has 0 saturated carbocycles. The largest absolute Gasteiger partial charge is 0.478 e. The first-order chi connectivity index (χ1) is 9.47. The number of carboxylic acid groups (broad SMARTS) is 1. The molecule has 0 amide bonds. The highest BCUT2D eigenvalue weighted by molar-refractivity contribution is 7.99. The van der Waals surface area contributed by atoms with Gasteiger partial charge in [0.05, 0.1) is 15.4 Å². The summed E-state index contributed by atoms with van der Waals surface area (Å²) in [6, 6.07) is 11.3. The third-order valence-electron chi connectivity index (χ3n) is 2.62. The lowest BCUT2D eigenvalue weighted by Crippen LogP contribution is -1.95. The molecule has 0 spiro atoms. The van der Waals surface area contributed by atoms with Crippen LogP contribution in [0.3, 0.4) is 0 Å². The minimum atomic E-state index is -1.02. The van der Waals surface area contributed by atoms with Gasteiger partial charge in [-0.1, -0.05) is 23.9 Å². The van der Waals surface area contributed by atoms with E-state index in [-0.39, 0.29) is 11.3 Å². The molecule has 20 heavy (non-hydrogen) atoms. The molecule has 0 bridgehead atoms. The number of aryl methyl sites for hydroxylation is 1. The van der Waals surface area contributed by atoms with Gasteiger partial charge < -0.3 is 5.11 Å². The van der Waals surface area contributed by atoms with Gasteiger partial charge in [0.2, 0.25) is 0 Å². The van der Waals surface area contributed by atoms with Gasteiger partial charge in [0.25, 0.3) is 5.69 Å². The lowest BCUT2D eigenvalue weighted by molar-refractivity contribution is -0.387. The summed E-state index contributed by atoms with van der Waals surface area (Å²) in [5.41, 5.74) is 0.987. The summed E-state index contributed by atoms with van der Waals surface area (Å²) in [5.74, 6) is -1.02. The van der Waals surface area contributed by atoms with Crippen LogP contribution in [0.25, 0.3) is 0 Å². The van der Waals surface area contributed by atoms with Gasteiger partial charge in [-0.25, -0.2) is 4.79 Å². The molecule has 0 saturated heterocycles. The Morgan fingerprint density at radius 2 is 2.00 bits per heavy atom. The number of carbonyl (C=O) groups is 1. The average Bonchev–Trinajstić information content (AvgIpc) is 2.41. The van der Waals surface area contributed by atoms with Gasteiger partial charge in [-0.3, -0.25) is 10.1 Å². The van der Waals surface area contributed by atoms with E-state index in [4.69, 9.17) is 5.11 Å². The second-order valence-electron chi connectivity index (χ2n) is 4.16. The summed E-state index contributed by atoms with van der Waals surface area (Å²) in [4.78, 5) is 22.7. The van der Waals surface area contributed by atoms with E-state index >= 15 is 0 Å². The number of carboxylic acids is 1. The zero-order chi connectivity index (χ0) is 14.7. The van der Waals surface area contributed by atoms with Crippen molar-refractivity contribution in [2.24, 2.45) is 0 Å². The molecule has 1 N–H and O–H groups in total. The molecule has 2 aromatic rings.